The van der Waals surface area contributed by atoms with Gasteiger partial charge in [0.1, 0.15) is 17.6 Å². The highest BCUT2D eigenvalue weighted by Crippen LogP contribution is 2.57. The molecule has 0 radical (unpaired) electrons. The van der Waals surface area contributed by atoms with E-state index < -0.39 is 31.4 Å². The van der Waals surface area contributed by atoms with Crippen LogP contribution in [0.4, 0.5) is 0 Å². The Labute approximate surface area is 204 Å². The van der Waals surface area contributed by atoms with Gasteiger partial charge in [-0.2, -0.15) is 0 Å². The molecule has 2 aromatic carbocycles. The minimum atomic E-state index is -4.06. The van der Waals surface area contributed by atoms with Crippen LogP contribution in [0.5, 0.6) is 11.5 Å². The van der Waals surface area contributed by atoms with E-state index in [9.17, 15) is 24.4 Å². The van der Waals surface area contributed by atoms with Crippen LogP contribution in [-0.2, 0) is 31.6 Å². The minimum absolute atomic E-state index is 0.0447. The van der Waals surface area contributed by atoms with Gasteiger partial charge in [0.15, 0.2) is 6.23 Å². The van der Waals surface area contributed by atoms with E-state index in [4.69, 9.17) is 18.3 Å². The van der Waals surface area contributed by atoms with Gasteiger partial charge >= 0.3 is 13.5 Å². The fourth-order valence-electron chi connectivity index (χ4n) is 3.99. The molecule has 0 saturated carbocycles. The molecule has 5 rings (SSSR count). The number of nitrogens with zero attached hydrogens (tertiary/aromatic N) is 1. The van der Waals surface area contributed by atoms with Gasteiger partial charge in [0.05, 0.1) is 19.8 Å². The third-order valence-corrected chi connectivity index (χ3v) is 7.20. The van der Waals surface area contributed by atoms with Crippen molar-refractivity contribution >= 4 is 7.82 Å². The van der Waals surface area contributed by atoms with Crippen molar-refractivity contribution in [1.29, 1.82) is 0 Å². The lowest BCUT2D eigenvalue weighted by Crippen LogP contribution is -2.33. The number of aromatic amines is 1. The molecule has 0 aliphatic carbocycles. The summed E-state index contributed by atoms with van der Waals surface area (Å²) in [6.45, 7) is 0.991. The fraction of sp³-hybridized carbons (Fsp3) is 0.250. The molecule has 2 aliphatic heterocycles. The molecule has 11 nitrogen and oxygen atoms in total. The Bertz CT molecular complexity index is 1510. The zero-order chi connectivity index (χ0) is 25.4. The number of aryl methyl sites for hydroxylation is 1. The largest absolute Gasteiger partial charge is 0.530 e. The minimum Gasteiger partial charge on any atom is -0.507 e. The number of hydrogen-bond donors (Lipinski definition) is 3. The first-order valence-corrected chi connectivity index (χ1v) is 12.5. The third-order valence-electron chi connectivity index (χ3n) is 5.88. The van der Waals surface area contributed by atoms with Crippen molar-refractivity contribution in [2.45, 2.75) is 32.5 Å². The zero-order valence-electron chi connectivity index (χ0n) is 19.1. The molecule has 12 heteroatoms. The maximum Gasteiger partial charge on any atom is 0.530 e. The fourth-order valence-corrected chi connectivity index (χ4v) is 5.23. The van der Waals surface area contributed by atoms with Gasteiger partial charge in [-0.15, -0.1) is 0 Å². The molecule has 0 spiro atoms. The van der Waals surface area contributed by atoms with Crippen molar-refractivity contribution in [2.75, 3.05) is 6.61 Å². The Balaban J connectivity index is 1.31. The van der Waals surface area contributed by atoms with E-state index in [1.807, 2.05) is 0 Å². The number of phosphoric ester groups is 1. The SMILES string of the molecule is Cc1cn(C2C=CC(COP3(=O)OCc4cccc(-c5cccc(CO)c5O)c4O3)O2)c(=O)[nH]c1=O. The molecule has 0 amide bonds. The normalized spacial score (nSPS) is 22.8. The molecule has 188 valence electrons. The summed E-state index contributed by atoms with van der Waals surface area (Å²) in [6.07, 6.45) is 3.23. The number of para-hydroxylation sites is 2. The standard InChI is InChI=1S/C24H23N2O9P/c1-14-10-26(24(30)25-23(14)29)20-9-8-17(34-20)13-33-36(31)32-12-16-5-3-7-19(22(16)35-36)18-6-2-4-15(11-27)21(18)28/h2-10,17,20,27-28H,11-13H2,1H3,(H,25,29,30). The van der Waals surface area contributed by atoms with Crippen molar-refractivity contribution in [3.05, 3.63) is 92.3 Å². The van der Waals surface area contributed by atoms with Gasteiger partial charge in [0.2, 0.25) is 0 Å². The van der Waals surface area contributed by atoms with Crippen LogP contribution in [0.15, 0.2) is 64.3 Å². The number of phenols is 1. The molecule has 0 fully saturated rings. The molecule has 36 heavy (non-hydrogen) atoms. The van der Waals surface area contributed by atoms with E-state index in [2.05, 4.69) is 4.98 Å². The van der Waals surface area contributed by atoms with Crippen LogP contribution in [0.25, 0.3) is 11.1 Å². The van der Waals surface area contributed by atoms with Crippen molar-refractivity contribution in [3.8, 4) is 22.6 Å². The number of benzene rings is 2. The van der Waals surface area contributed by atoms with Gasteiger partial charge in [0, 0.05) is 34.0 Å². The molecule has 2 aliphatic rings. The van der Waals surface area contributed by atoms with Gasteiger partial charge in [-0.3, -0.25) is 23.4 Å². The predicted molar refractivity (Wildman–Crippen MR) is 128 cm³/mol. The summed E-state index contributed by atoms with van der Waals surface area (Å²) < 4.78 is 37.0. The molecule has 0 bridgehead atoms. The number of aromatic hydroxyl groups is 1. The molecular formula is C24H23N2O9P. The van der Waals surface area contributed by atoms with Gasteiger partial charge in [-0.1, -0.05) is 42.5 Å². The smallest absolute Gasteiger partial charge is 0.507 e. The number of hydrogen-bond acceptors (Lipinski definition) is 9. The van der Waals surface area contributed by atoms with Crippen LogP contribution in [0.1, 0.15) is 22.9 Å². The Hall–Kier alpha value is -3.47. The van der Waals surface area contributed by atoms with Crippen molar-refractivity contribution in [1.82, 2.24) is 9.55 Å². The summed E-state index contributed by atoms with van der Waals surface area (Å²) in [5.41, 5.74) is 1.08. The van der Waals surface area contributed by atoms with E-state index in [0.29, 0.717) is 27.8 Å². The lowest BCUT2D eigenvalue weighted by Gasteiger charge is -2.27. The van der Waals surface area contributed by atoms with E-state index >= 15 is 0 Å². The van der Waals surface area contributed by atoms with Crippen LogP contribution < -0.4 is 15.8 Å². The summed E-state index contributed by atoms with van der Waals surface area (Å²) in [7, 11) is -4.06. The van der Waals surface area contributed by atoms with Crippen LogP contribution in [-0.4, -0.2) is 32.5 Å². The van der Waals surface area contributed by atoms with E-state index in [1.165, 1.54) is 10.8 Å². The number of H-pyrrole nitrogens is 1. The maximum atomic E-state index is 13.3. The number of ether oxygens (including phenoxy) is 1. The Morgan fingerprint density at radius 2 is 1.94 bits per heavy atom. The molecule has 1 aromatic heterocycles. The molecule has 0 saturated heterocycles. The molecule has 3 atom stereocenters. The number of rotatable bonds is 6. The molecule has 3 N–H and O–H groups in total. The maximum absolute atomic E-state index is 13.3. The summed E-state index contributed by atoms with van der Waals surface area (Å²) in [5.74, 6) is 0.135. The first kappa shape index (κ1) is 24.2. The highest BCUT2D eigenvalue weighted by Gasteiger charge is 2.37. The number of fused-ring (bicyclic) bond motifs is 1. The molecule has 3 heterocycles. The second-order valence-corrected chi connectivity index (χ2v) is 9.89. The van der Waals surface area contributed by atoms with Crippen molar-refractivity contribution in [3.63, 3.8) is 0 Å². The second kappa shape index (κ2) is 9.53. The Morgan fingerprint density at radius 1 is 1.17 bits per heavy atom. The quantitative estimate of drug-likeness (QED) is 0.333. The lowest BCUT2D eigenvalue weighted by molar-refractivity contribution is -0.0130. The Kier molecular flexibility index (Phi) is 6.42. The summed E-state index contributed by atoms with van der Waals surface area (Å²) in [4.78, 5) is 25.9. The Morgan fingerprint density at radius 3 is 2.75 bits per heavy atom. The van der Waals surface area contributed by atoms with E-state index in [1.54, 1.807) is 55.5 Å². The van der Waals surface area contributed by atoms with E-state index in [-0.39, 0.29) is 31.3 Å². The number of phosphoric acid groups is 1. The number of aromatic nitrogens is 2. The highest BCUT2D eigenvalue weighted by atomic mass is 31.2. The van der Waals surface area contributed by atoms with Crippen LogP contribution in [0.3, 0.4) is 0 Å². The van der Waals surface area contributed by atoms with Gasteiger partial charge in [-0.25, -0.2) is 9.36 Å². The van der Waals surface area contributed by atoms with Crippen molar-refractivity contribution < 1.29 is 33.1 Å². The van der Waals surface area contributed by atoms with Gasteiger partial charge in [-0.05, 0) is 13.0 Å². The average molecular weight is 514 g/mol. The van der Waals surface area contributed by atoms with Gasteiger partial charge < -0.3 is 19.5 Å². The molecule has 3 aromatic rings. The number of aliphatic hydroxyl groups excluding tert-OH is 1. The second-order valence-electron chi connectivity index (χ2n) is 8.30. The van der Waals surface area contributed by atoms with Crippen LogP contribution in [0, 0.1) is 6.92 Å². The van der Waals surface area contributed by atoms with Crippen LogP contribution >= 0.6 is 7.82 Å². The van der Waals surface area contributed by atoms with Crippen LogP contribution in [0.2, 0.25) is 0 Å². The number of aliphatic hydroxyl groups is 1. The number of nitrogens with one attached hydrogen (secondary N) is 1. The van der Waals surface area contributed by atoms with Crippen molar-refractivity contribution in [2.24, 2.45) is 0 Å². The summed E-state index contributed by atoms with van der Waals surface area (Å²) >= 11 is 0. The first-order valence-electron chi connectivity index (χ1n) is 11.1. The lowest BCUT2D eigenvalue weighted by atomic mass is 9.98. The van der Waals surface area contributed by atoms with Gasteiger partial charge in [0.25, 0.3) is 5.56 Å². The summed E-state index contributed by atoms with van der Waals surface area (Å²) in [6, 6.07) is 10.1. The van der Waals surface area contributed by atoms with E-state index in [0.717, 1.165) is 0 Å². The highest BCUT2D eigenvalue weighted by molar-refractivity contribution is 7.49. The molecular weight excluding hydrogens is 491 g/mol. The first-order chi connectivity index (χ1) is 17.3. The summed E-state index contributed by atoms with van der Waals surface area (Å²) in [5, 5.41) is 20.1. The average Bonchev–Trinajstić information content (AvgIpc) is 3.34. The predicted octanol–water partition coefficient (Wildman–Crippen LogP) is 2.90. The topological polar surface area (TPSA) is 149 Å². The molecule has 3 unspecified atom stereocenters. The zero-order valence-corrected chi connectivity index (χ0v) is 20.0. The third kappa shape index (κ3) is 4.55. The monoisotopic (exact) mass is 514 g/mol.